The van der Waals surface area contributed by atoms with Crippen LogP contribution >= 0.6 is 0 Å². The highest BCUT2D eigenvalue weighted by atomic mass is 16.2. The third-order valence-corrected chi connectivity index (χ3v) is 3.48. The van der Waals surface area contributed by atoms with Crippen LogP contribution in [0.15, 0.2) is 36.7 Å². The lowest BCUT2D eigenvalue weighted by molar-refractivity contribution is 0.222. The number of likely N-dealkylation sites (tertiary alicyclic amines) is 1. The Morgan fingerprint density at radius 1 is 1.09 bits per heavy atom. The van der Waals surface area contributed by atoms with Gasteiger partial charge in [0.15, 0.2) is 0 Å². The number of aromatic nitrogens is 2. The molecule has 0 aliphatic carbocycles. The molecule has 2 heterocycles. The Bertz CT molecular complexity index is 651. The van der Waals surface area contributed by atoms with Gasteiger partial charge in [-0.3, -0.25) is 5.32 Å². The zero-order valence-corrected chi connectivity index (χ0v) is 12.1. The van der Waals surface area contributed by atoms with E-state index < -0.39 is 0 Å². The van der Waals surface area contributed by atoms with Gasteiger partial charge in [0.1, 0.15) is 18.0 Å². The van der Waals surface area contributed by atoms with Crippen LogP contribution in [-0.4, -0.2) is 34.0 Å². The van der Waals surface area contributed by atoms with Crippen LogP contribution < -0.4 is 16.4 Å². The fourth-order valence-electron chi connectivity index (χ4n) is 2.32. The molecule has 22 heavy (non-hydrogen) atoms. The molecule has 1 aromatic heterocycles. The monoisotopic (exact) mass is 298 g/mol. The van der Waals surface area contributed by atoms with E-state index in [1.165, 1.54) is 6.33 Å². The summed E-state index contributed by atoms with van der Waals surface area (Å²) in [5.41, 5.74) is 7.22. The van der Waals surface area contributed by atoms with Crippen molar-refractivity contribution in [3.63, 3.8) is 0 Å². The van der Waals surface area contributed by atoms with Crippen molar-refractivity contribution >= 4 is 29.0 Å². The number of urea groups is 1. The van der Waals surface area contributed by atoms with Crippen molar-refractivity contribution in [3.8, 4) is 0 Å². The van der Waals surface area contributed by atoms with Gasteiger partial charge in [-0.1, -0.05) is 0 Å². The second-order valence-corrected chi connectivity index (χ2v) is 5.16. The first kappa shape index (κ1) is 14.1. The maximum Gasteiger partial charge on any atom is 0.323 e. The Morgan fingerprint density at radius 2 is 1.77 bits per heavy atom. The first-order valence-corrected chi connectivity index (χ1v) is 7.21. The van der Waals surface area contributed by atoms with E-state index in [4.69, 9.17) is 5.73 Å². The summed E-state index contributed by atoms with van der Waals surface area (Å²) in [6.07, 6.45) is 3.53. The number of carbonyl (C=O) groups is 1. The molecule has 1 aliphatic rings. The molecule has 2 aromatic rings. The van der Waals surface area contributed by atoms with Gasteiger partial charge in [0.25, 0.3) is 0 Å². The number of benzene rings is 1. The van der Waals surface area contributed by atoms with E-state index in [-0.39, 0.29) is 6.03 Å². The summed E-state index contributed by atoms with van der Waals surface area (Å²) in [5.74, 6) is 1.08. The highest BCUT2D eigenvalue weighted by Crippen LogP contribution is 2.18. The standard InChI is InChI=1S/C15H18N6O/c16-11-3-5-12(6-4-11)19-13-9-14(18-10-17-13)20-15(22)21-7-1-2-8-21/h3-6,9-10H,1-2,7-8,16H2,(H2,17,18,19,20,22). The molecule has 0 bridgehead atoms. The van der Waals surface area contributed by atoms with Crippen LogP contribution in [0.3, 0.4) is 0 Å². The fraction of sp³-hybridized carbons (Fsp3) is 0.267. The Kier molecular flexibility index (Phi) is 4.04. The number of carbonyl (C=O) groups excluding carboxylic acids is 1. The van der Waals surface area contributed by atoms with Gasteiger partial charge in [-0.25, -0.2) is 14.8 Å². The molecule has 0 radical (unpaired) electrons. The van der Waals surface area contributed by atoms with E-state index in [2.05, 4.69) is 20.6 Å². The highest BCUT2D eigenvalue weighted by molar-refractivity contribution is 5.88. The second-order valence-electron chi connectivity index (χ2n) is 5.16. The quantitative estimate of drug-likeness (QED) is 0.756. The summed E-state index contributed by atoms with van der Waals surface area (Å²) in [7, 11) is 0. The summed E-state index contributed by atoms with van der Waals surface area (Å²) in [5, 5.41) is 5.94. The first-order chi connectivity index (χ1) is 10.7. The summed E-state index contributed by atoms with van der Waals surface area (Å²) >= 11 is 0. The first-order valence-electron chi connectivity index (χ1n) is 7.21. The lowest BCUT2D eigenvalue weighted by atomic mass is 10.3. The molecule has 0 unspecified atom stereocenters. The second kappa shape index (κ2) is 6.30. The summed E-state index contributed by atoms with van der Waals surface area (Å²) in [6, 6.07) is 8.92. The van der Waals surface area contributed by atoms with E-state index in [0.29, 0.717) is 17.3 Å². The van der Waals surface area contributed by atoms with Gasteiger partial charge in [-0.15, -0.1) is 0 Å². The Balaban J connectivity index is 1.66. The van der Waals surface area contributed by atoms with Crippen LogP contribution in [0.1, 0.15) is 12.8 Å². The van der Waals surface area contributed by atoms with Gasteiger partial charge >= 0.3 is 6.03 Å². The van der Waals surface area contributed by atoms with E-state index in [0.717, 1.165) is 31.6 Å². The molecule has 114 valence electrons. The molecule has 2 amide bonds. The zero-order chi connectivity index (χ0) is 15.4. The topological polar surface area (TPSA) is 96.2 Å². The smallest absolute Gasteiger partial charge is 0.323 e. The van der Waals surface area contributed by atoms with Crippen LogP contribution in [0.5, 0.6) is 0 Å². The van der Waals surface area contributed by atoms with E-state index in [1.54, 1.807) is 23.1 Å². The number of rotatable bonds is 3. The number of hydrogen-bond acceptors (Lipinski definition) is 5. The maximum atomic E-state index is 12.0. The highest BCUT2D eigenvalue weighted by Gasteiger charge is 2.18. The number of nitrogens with one attached hydrogen (secondary N) is 2. The number of anilines is 4. The third-order valence-electron chi connectivity index (χ3n) is 3.48. The fourth-order valence-corrected chi connectivity index (χ4v) is 2.32. The van der Waals surface area contributed by atoms with Gasteiger partial charge in [0.05, 0.1) is 0 Å². The molecule has 1 saturated heterocycles. The largest absolute Gasteiger partial charge is 0.399 e. The minimum absolute atomic E-state index is 0.116. The van der Waals surface area contributed by atoms with Crippen LogP contribution in [0.4, 0.5) is 27.8 Å². The molecular weight excluding hydrogens is 280 g/mol. The summed E-state index contributed by atoms with van der Waals surface area (Å²) < 4.78 is 0. The van der Waals surface area contributed by atoms with Crippen LogP contribution in [0.25, 0.3) is 0 Å². The molecule has 0 atom stereocenters. The van der Waals surface area contributed by atoms with Gasteiger partial charge in [0, 0.05) is 30.5 Å². The molecule has 3 rings (SSSR count). The lowest BCUT2D eigenvalue weighted by Crippen LogP contribution is -2.32. The average molecular weight is 298 g/mol. The molecule has 4 N–H and O–H groups in total. The van der Waals surface area contributed by atoms with Gasteiger partial charge < -0.3 is 16.0 Å². The van der Waals surface area contributed by atoms with Crippen molar-refractivity contribution in [2.45, 2.75) is 12.8 Å². The molecule has 1 fully saturated rings. The normalized spacial score (nSPS) is 13.9. The number of nitrogen functional groups attached to an aromatic ring is 1. The SMILES string of the molecule is Nc1ccc(Nc2cc(NC(=O)N3CCCC3)ncn2)cc1. The molecule has 0 saturated carbocycles. The maximum absolute atomic E-state index is 12.0. The molecule has 1 aromatic carbocycles. The van der Waals surface area contributed by atoms with Crippen molar-refractivity contribution in [2.24, 2.45) is 0 Å². The van der Waals surface area contributed by atoms with Crippen molar-refractivity contribution in [1.82, 2.24) is 14.9 Å². The van der Waals surface area contributed by atoms with Crippen LogP contribution in [-0.2, 0) is 0 Å². The van der Waals surface area contributed by atoms with E-state index in [1.807, 2.05) is 12.1 Å². The number of hydrogen-bond donors (Lipinski definition) is 3. The summed E-state index contributed by atoms with van der Waals surface area (Å²) in [6.45, 7) is 1.60. The Morgan fingerprint density at radius 3 is 2.50 bits per heavy atom. The predicted molar refractivity (Wildman–Crippen MR) is 86.0 cm³/mol. The molecule has 7 heteroatoms. The zero-order valence-electron chi connectivity index (χ0n) is 12.1. The average Bonchev–Trinajstić information content (AvgIpc) is 3.04. The predicted octanol–water partition coefficient (Wildman–Crippen LogP) is 2.43. The van der Waals surface area contributed by atoms with Gasteiger partial charge in [-0.2, -0.15) is 0 Å². The van der Waals surface area contributed by atoms with E-state index >= 15 is 0 Å². The van der Waals surface area contributed by atoms with Crippen molar-refractivity contribution in [2.75, 3.05) is 29.5 Å². The van der Waals surface area contributed by atoms with E-state index in [9.17, 15) is 4.79 Å². The van der Waals surface area contributed by atoms with Gasteiger partial charge in [-0.05, 0) is 37.1 Å². The lowest BCUT2D eigenvalue weighted by Gasteiger charge is -2.15. The van der Waals surface area contributed by atoms with Gasteiger partial charge in [0.2, 0.25) is 0 Å². The summed E-state index contributed by atoms with van der Waals surface area (Å²) in [4.78, 5) is 22.0. The Hall–Kier alpha value is -2.83. The molecule has 1 aliphatic heterocycles. The number of amides is 2. The molecule has 7 nitrogen and oxygen atoms in total. The van der Waals surface area contributed by atoms with Crippen LogP contribution in [0, 0.1) is 0 Å². The van der Waals surface area contributed by atoms with Crippen molar-refractivity contribution in [3.05, 3.63) is 36.7 Å². The van der Waals surface area contributed by atoms with Crippen LogP contribution in [0.2, 0.25) is 0 Å². The Labute approximate surface area is 128 Å². The number of nitrogens with zero attached hydrogens (tertiary/aromatic N) is 3. The minimum Gasteiger partial charge on any atom is -0.399 e. The molecule has 0 spiro atoms. The van der Waals surface area contributed by atoms with Crippen molar-refractivity contribution < 1.29 is 4.79 Å². The minimum atomic E-state index is -0.116. The van der Waals surface area contributed by atoms with Crippen molar-refractivity contribution in [1.29, 1.82) is 0 Å². The third kappa shape index (κ3) is 3.43. The number of nitrogens with two attached hydrogens (primary N) is 1. The molecular formula is C15H18N6O.